The lowest BCUT2D eigenvalue weighted by molar-refractivity contribution is -0.156. The van der Waals surface area contributed by atoms with Crippen molar-refractivity contribution < 1.29 is 19.1 Å². The van der Waals surface area contributed by atoms with Crippen molar-refractivity contribution in [1.29, 1.82) is 0 Å². The van der Waals surface area contributed by atoms with Crippen molar-refractivity contribution in [3.8, 4) is 11.1 Å². The van der Waals surface area contributed by atoms with Gasteiger partial charge in [0.1, 0.15) is 17.5 Å². The number of hydrogen-bond acceptors (Lipinski definition) is 6. The van der Waals surface area contributed by atoms with Crippen LogP contribution in [0.1, 0.15) is 36.7 Å². The topological polar surface area (TPSA) is 158 Å². The van der Waals surface area contributed by atoms with Gasteiger partial charge >= 0.3 is 5.97 Å². The zero-order chi connectivity index (χ0) is 23.6. The second-order valence-corrected chi connectivity index (χ2v) is 8.53. The number of H-pyrrole nitrogens is 1. The molecule has 3 aromatic rings. The van der Waals surface area contributed by atoms with Gasteiger partial charge in [0.2, 0.25) is 6.41 Å². The maximum absolute atomic E-state index is 12.1. The lowest BCUT2D eigenvalue weighted by Crippen LogP contribution is -2.38. The molecule has 168 valence electrons. The molecule has 3 rings (SSSR count). The van der Waals surface area contributed by atoms with Gasteiger partial charge in [-0.1, -0.05) is 36.4 Å². The number of anilines is 1. The highest BCUT2D eigenvalue weighted by Gasteiger charge is 2.22. The standard InChI is InChI=1S/C23H27N5O4/c1-23(2,3)32-22(31)17(24)10-13-4-6-14(7-5-13)15-8-9-16-18(11-15)27-21(28(26)12-29)19(16)20(25)30/h4-9,11-12,17,27H,10,24,26H2,1-3H3,(H2,25,30). The van der Waals surface area contributed by atoms with Crippen LogP contribution in [0, 0.1) is 0 Å². The largest absolute Gasteiger partial charge is 0.459 e. The summed E-state index contributed by atoms with van der Waals surface area (Å²) in [5.74, 6) is 4.64. The number of primary amides is 1. The fourth-order valence-corrected chi connectivity index (χ4v) is 3.41. The molecule has 2 amide bonds. The number of carbonyl (C=O) groups is 3. The summed E-state index contributed by atoms with van der Waals surface area (Å²) in [6, 6.07) is 12.3. The fraction of sp³-hybridized carbons (Fsp3) is 0.261. The predicted molar refractivity (Wildman–Crippen MR) is 123 cm³/mol. The van der Waals surface area contributed by atoms with Crippen LogP contribution >= 0.6 is 0 Å². The highest BCUT2D eigenvalue weighted by atomic mass is 16.6. The number of esters is 1. The molecule has 0 aliphatic heterocycles. The van der Waals surface area contributed by atoms with E-state index in [0.29, 0.717) is 23.7 Å². The maximum Gasteiger partial charge on any atom is 0.323 e. The van der Waals surface area contributed by atoms with Crippen LogP contribution in [-0.4, -0.2) is 34.9 Å². The molecule has 0 saturated heterocycles. The minimum atomic E-state index is -0.752. The molecule has 2 aromatic carbocycles. The fourth-order valence-electron chi connectivity index (χ4n) is 3.41. The summed E-state index contributed by atoms with van der Waals surface area (Å²) >= 11 is 0. The summed E-state index contributed by atoms with van der Waals surface area (Å²) in [4.78, 5) is 38.0. The van der Waals surface area contributed by atoms with Crippen molar-refractivity contribution in [3.05, 3.63) is 53.6 Å². The minimum absolute atomic E-state index is 0.131. The second-order valence-electron chi connectivity index (χ2n) is 8.53. The Morgan fingerprint density at radius 2 is 1.75 bits per heavy atom. The first-order chi connectivity index (χ1) is 15.0. The van der Waals surface area contributed by atoms with E-state index in [4.69, 9.17) is 22.0 Å². The van der Waals surface area contributed by atoms with Gasteiger partial charge in [-0.15, -0.1) is 0 Å². The highest BCUT2D eigenvalue weighted by molar-refractivity contribution is 6.12. The molecular formula is C23H27N5O4. The number of hydrazine groups is 1. The quantitative estimate of drug-likeness (QED) is 0.145. The predicted octanol–water partition coefficient (Wildman–Crippen LogP) is 1.98. The van der Waals surface area contributed by atoms with Gasteiger partial charge in [0, 0.05) is 10.9 Å². The number of aromatic amines is 1. The first-order valence-corrected chi connectivity index (χ1v) is 10.0. The van der Waals surface area contributed by atoms with E-state index in [2.05, 4.69) is 4.98 Å². The van der Waals surface area contributed by atoms with Crippen LogP contribution in [0.4, 0.5) is 5.82 Å². The van der Waals surface area contributed by atoms with E-state index in [-0.39, 0.29) is 11.4 Å². The number of nitrogens with two attached hydrogens (primary N) is 3. The van der Waals surface area contributed by atoms with Crippen LogP contribution in [0.25, 0.3) is 22.0 Å². The first kappa shape index (κ1) is 23.0. The van der Waals surface area contributed by atoms with Crippen molar-refractivity contribution >= 4 is 35.0 Å². The molecule has 9 heteroatoms. The third-order valence-corrected chi connectivity index (χ3v) is 4.85. The third-order valence-electron chi connectivity index (χ3n) is 4.85. The average Bonchev–Trinajstić information content (AvgIpc) is 3.11. The van der Waals surface area contributed by atoms with Crippen molar-refractivity contribution in [1.82, 2.24) is 4.98 Å². The smallest absolute Gasteiger partial charge is 0.323 e. The normalized spacial score (nSPS) is 12.4. The second kappa shape index (κ2) is 8.81. The molecule has 0 aliphatic carbocycles. The lowest BCUT2D eigenvalue weighted by atomic mass is 9.99. The number of amides is 2. The molecule has 32 heavy (non-hydrogen) atoms. The van der Waals surface area contributed by atoms with Gasteiger partial charge in [0.25, 0.3) is 5.91 Å². The van der Waals surface area contributed by atoms with Crippen LogP contribution in [0.2, 0.25) is 0 Å². The Labute approximate surface area is 185 Å². The van der Waals surface area contributed by atoms with E-state index in [0.717, 1.165) is 21.7 Å². The van der Waals surface area contributed by atoms with Gasteiger partial charge in [0.05, 0.1) is 5.56 Å². The summed E-state index contributed by atoms with van der Waals surface area (Å²) < 4.78 is 5.32. The summed E-state index contributed by atoms with van der Waals surface area (Å²) in [6.45, 7) is 5.40. The number of aromatic nitrogens is 1. The molecule has 1 heterocycles. The molecule has 1 unspecified atom stereocenters. The number of benzene rings is 2. The Morgan fingerprint density at radius 1 is 1.12 bits per heavy atom. The zero-order valence-electron chi connectivity index (χ0n) is 18.2. The number of rotatable bonds is 7. The average molecular weight is 438 g/mol. The third kappa shape index (κ3) is 4.96. The van der Waals surface area contributed by atoms with Crippen molar-refractivity contribution in [2.75, 3.05) is 5.01 Å². The number of carbonyl (C=O) groups excluding carboxylic acids is 3. The van der Waals surface area contributed by atoms with Gasteiger partial charge < -0.3 is 21.2 Å². The Balaban J connectivity index is 1.84. The van der Waals surface area contributed by atoms with E-state index in [1.165, 1.54) is 0 Å². The Bertz CT molecular complexity index is 1160. The summed E-state index contributed by atoms with van der Waals surface area (Å²) in [6.07, 6.45) is 0.743. The first-order valence-electron chi connectivity index (χ1n) is 10.0. The van der Waals surface area contributed by atoms with Crippen molar-refractivity contribution in [2.45, 2.75) is 38.8 Å². The van der Waals surface area contributed by atoms with E-state index >= 15 is 0 Å². The Hall–Kier alpha value is -3.69. The zero-order valence-corrected chi connectivity index (χ0v) is 18.2. The van der Waals surface area contributed by atoms with Crippen LogP contribution in [0.5, 0.6) is 0 Å². The highest BCUT2D eigenvalue weighted by Crippen LogP contribution is 2.31. The van der Waals surface area contributed by atoms with Crippen LogP contribution in [-0.2, 0) is 20.7 Å². The lowest BCUT2D eigenvalue weighted by Gasteiger charge is -2.22. The van der Waals surface area contributed by atoms with Crippen LogP contribution < -0.4 is 22.3 Å². The van der Waals surface area contributed by atoms with E-state index in [1.807, 2.05) is 36.4 Å². The maximum atomic E-state index is 12.1. The number of nitrogens with zero attached hydrogens (tertiary/aromatic N) is 1. The number of hydrogen-bond donors (Lipinski definition) is 4. The molecule has 0 fully saturated rings. The number of fused-ring (bicyclic) bond motifs is 1. The molecule has 0 saturated carbocycles. The number of nitrogens with one attached hydrogen (secondary N) is 1. The molecule has 1 atom stereocenters. The molecule has 0 bridgehead atoms. The van der Waals surface area contributed by atoms with Crippen molar-refractivity contribution in [3.63, 3.8) is 0 Å². The van der Waals surface area contributed by atoms with E-state index < -0.39 is 23.5 Å². The summed E-state index contributed by atoms with van der Waals surface area (Å²) in [7, 11) is 0. The summed E-state index contributed by atoms with van der Waals surface area (Å²) in [5, 5.41) is 1.34. The summed E-state index contributed by atoms with van der Waals surface area (Å²) in [5.41, 5.74) is 14.3. The van der Waals surface area contributed by atoms with E-state index in [9.17, 15) is 14.4 Å². The Kier molecular flexibility index (Phi) is 6.33. The van der Waals surface area contributed by atoms with Gasteiger partial charge in [-0.3, -0.25) is 14.4 Å². The van der Waals surface area contributed by atoms with Gasteiger partial charge in [-0.2, -0.15) is 0 Å². The van der Waals surface area contributed by atoms with Crippen LogP contribution in [0.3, 0.4) is 0 Å². The van der Waals surface area contributed by atoms with E-state index in [1.54, 1.807) is 26.8 Å². The molecule has 0 radical (unpaired) electrons. The van der Waals surface area contributed by atoms with Gasteiger partial charge in [-0.25, -0.2) is 10.9 Å². The molecule has 0 aliphatic rings. The Morgan fingerprint density at radius 3 is 2.31 bits per heavy atom. The molecule has 7 N–H and O–H groups in total. The molecule has 9 nitrogen and oxygen atoms in total. The van der Waals surface area contributed by atoms with Gasteiger partial charge in [0.15, 0.2) is 0 Å². The SMILES string of the molecule is CC(C)(C)OC(=O)C(N)Cc1ccc(-c2ccc3c(C(N)=O)c(N(N)C=O)[nH]c3c2)cc1. The van der Waals surface area contributed by atoms with Crippen molar-refractivity contribution in [2.24, 2.45) is 17.3 Å². The van der Waals surface area contributed by atoms with Gasteiger partial charge in [-0.05, 0) is 49.9 Å². The van der Waals surface area contributed by atoms with Crippen LogP contribution in [0.15, 0.2) is 42.5 Å². The monoisotopic (exact) mass is 437 g/mol. The minimum Gasteiger partial charge on any atom is -0.459 e. The molecule has 0 spiro atoms. The number of ether oxygens (including phenoxy) is 1. The molecular weight excluding hydrogens is 410 g/mol. The molecule has 1 aromatic heterocycles.